The zero-order valence-corrected chi connectivity index (χ0v) is 34.0. The number of carbonyl (C=O) groups excluding carboxylic acids is 2. The largest absolute Gasteiger partial charge is 0.480 e. The lowest BCUT2D eigenvalue weighted by atomic mass is 10.1. The van der Waals surface area contributed by atoms with Gasteiger partial charge in [-0.15, -0.1) is 0 Å². The predicted molar refractivity (Wildman–Crippen MR) is 212 cm³/mol. The molecule has 0 saturated carbocycles. The first-order valence-corrected chi connectivity index (χ1v) is 22.0. The molecule has 12 heteroatoms. The molecule has 11 nitrogen and oxygen atoms in total. The number of unbranched alkanes of at least 4 members (excludes halogenated alkanes) is 18. The number of rotatable bonds is 38. The van der Waals surface area contributed by atoms with Crippen molar-refractivity contribution in [2.75, 3.05) is 19.8 Å². The summed E-state index contributed by atoms with van der Waals surface area (Å²) in [5, 5.41) is 8.87. The van der Waals surface area contributed by atoms with E-state index in [4.69, 9.17) is 24.8 Å². The number of esters is 2. The van der Waals surface area contributed by atoms with Crippen LogP contribution in [0.4, 0.5) is 0 Å². The van der Waals surface area contributed by atoms with E-state index >= 15 is 0 Å². The fourth-order valence-corrected chi connectivity index (χ4v) is 6.10. The standard InChI is InChI=1S/C41H74NO10P/c1-3-5-7-9-11-13-15-17-18-19-20-21-23-24-26-28-30-32-39(43)49-34-37(35-50-53(47,48)51-36-38(42)41(45)46)52-40(44)33-31-29-27-25-22-16-14-12-10-8-6-4-2/h11-14,17-18,37-38H,3-10,15-16,19-36,42H2,1-2H3,(H,45,46)(H,47,48)/b13-11-,14-12-,18-17-/t37-,38+/m1/s1. The number of phosphoric acid groups is 1. The number of hydrogen-bond acceptors (Lipinski definition) is 9. The maximum absolute atomic E-state index is 12.6. The van der Waals surface area contributed by atoms with Gasteiger partial charge < -0.3 is 25.2 Å². The summed E-state index contributed by atoms with van der Waals surface area (Å²) in [5.41, 5.74) is 5.32. The summed E-state index contributed by atoms with van der Waals surface area (Å²) < 4.78 is 32.6. The average Bonchev–Trinajstić information content (AvgIpc) is 3.13. The highest BCUT2D eigenvalue weighted by Crippen LogP contribution is 2.43. The molecular formula is C41H74NO10P. The number of hydrogen-bond donors (Lipinski definition) is 3. The quantitative estimate of drug-likeness (QED) is 0.0236. The van der Waals surface area contributed by atoms with Crippen molar-refractivity contribution in [3.05, 3.63) is 36.5 Å². The van der Waals surface area contributed by atoms with Crippen LogP contribution in [0, 0.1) is 0 Å². The van der Waals surface area contributed by atoms with Crippen LogP contribution in [0.15, 0.2) is 36.5 Å². The van der Waals surface area contributed by atoms with Crippen molar-refractivity contribution in [1.82, 2.24) is 0 Å². The van der Waals surface area contributed by atoms with E-state index in [0.29, 0.717) is 12.8 Å². The van der Waals surface area contributed by atoms with Crippen LogP contribution < -0.4 is 5.73 Å². The van der Waals surface area contributed by atoms with Crippen molar-refractivity contribution in [3.8, 4) is 0 Å². The Morgan fingerprint density at radius 1 is 0.585 bits per heavy atom. The summed E-state index contributed by atoms with van der Waals surface area (Å²) >= 11 is 0. The Labute approximate surface area is 321 Å². The SMILES string of the molecule is CCCCC/C=C\C/C=C\CCCCCCCCCC(=O)OC[C@H](COP(=O)(O)OC[C@H](N)C(=O)O)OC(=O)CCCCCCC/C=C\CCCCC. The highest BCUT2D eigenvalue weighted by molar-refractivity contribution is 7.47. The van der Waals surface area contributed by atoms with Crippen molar-refractivity contribution in [2.45, 2.75) is 187 Å². The second-order valence-corrected chi connectivity index (χ2v) is 15.2. The molecule has 0 aromatic rings. The van der Waals surface area contributed by atoms with E-state index in [1.165, 1.54) is 64.2 Å². The Kier molecular flexibility index (Phi) is 35.1. The minimum atomic E-state index is -4.71. The highest BCUT2D eigenvalue weighted by atomic mass is 31.2. The van der Waals surface area contributed by atoms with Crippen molar-refractivity contribution in [2.24, 2.45) is 5.73 Å². The van der Waals surface area contributed by atoms with Gasteiger partial charge in [0.2, 0.25) is 0 Å². The maximum Gasteiger partial charge on any atom is 0.472 e. The topological polar surface area (TPSA) is 172 Å². The van der Waals surface area contributed by atoms with Crippen LogP contribution in [0.25, 0.3) is 0 Å². The van der Waals surface area contributed by atoms with Gasteiger partial charge in [0.25, 0.3) is 0 Å². The lowest BCUT2D eigenvalue weighted by Gasteiger charge is -2.20. The Morgan fingerprint density at radius 2 is 1.00 bits per heavy atom. The van der Waals surface area contributed by atoms with E-state index in [0.717, 1.165) is 70.6 Å². The minimum Gasteiger partial charge on any atom is -0.480 e. The second kappa shape index (κ2) is 36.7. The average molecular weight is 772 g/mol. The lowest BCUT2D eigenvalue weighted by molar-refractivity contribution is -0.161. The molecule has 4 N–H and O–H groups in total. The van der Waals surface area contributed by atoms with Gasteiger partial charge in [-0.25, -0.2) is 4.57 Å². The number of carboxylic acids is 1. The van der Waals surface area contributed by atoms with E-state index in [1.807, 2.05) is 0 Å². The number of ether oxygens (including phenoxy) is 2. The molecule has 0 aliphatic rings. The zero-order valence-electron chi connectivity index (χ0n) is 33.1. The first kappa shape index (κ1) is 50.7. The van der Waals surface area contributed by atoms with E-state index in [1.54, 1.807) is 0 Å². The van der Waals surface area contributed by atoms with Crippen molar-refractivity contribution < 1.29 is 47.5 Å². The van der Waals surface area contributed by atoms with Crippen LogP contribution >= 0.6 is 7.82 Å². The molecule has 0 bridgehead atoms. The number of carboxylic acid groups (broad SMARTS) is 1. The predicted octanol–water partition coefficient (Wildman–Crippen LogP) is 10.4. The normalized spacial score (nSPS) is 14.2. The summed E-state index contributed by atoms with van der Waals surface area (Å²) in [7, 11) is -4.71. The number of carbonyl (C=O) groups is 3. The third kappa shape index (κ3) is 36.4. The van der Waals surface area contributed by atoms with Crippen LogP contribution in [0.2, 0.25) is 0 Å². The molecule has 53 heavy (non-hydrogen) atoms. The number of aliphatic carboxylic acids is 1. The van der Waals surface area contributed by atoms with Gasteiger partial charge in [0.1, 0.15) is 12.6 Å². The first-order valence-electron chi connectivity index (χ1n) is 20.5. The summed E-state index contributed by atoms with van der Waals surface area (Å²) in [5.74, 6) is -2.40. The Hall–Kier alpha value is -2.30. The molecule has 0 aliphatic heterocycles. The highest BCUT2D eigenvalue weighted by Gasteiger charge is 2.28. The van der Waals surface area contributed by atoms with Crippen LogP contribution in [0.5, 0.6) is 0 Å². The number of phosphoric ester groups is 1. The summed E-state index contributed by atoms with van der Waals surface area (Å²) in [6.45, 7) is 2.72. The molecule has 0 aliphatic carbocycles. The third-order valence-electron chi connectivity index (χ3n) is 8.61. The van der Waals surface area contributed by atoms with Crippen molar-refractivity contribution >= 4 is 25.7 Å². The Balaban J connectivity index is 4.39. The summed E-state index contributed by atoms with van der Waals surface area (Å²) in [4.78, 5) is 45.8. The van der Waals surface area contributed by atoms with Gasteiger partial charge in [0, 0.05) is 12.8 Å². The van der Waals surface area contributed by atoms with Crippen molar-refractivity contribution in [1.29, 1.82) is 0 Å². The van der Waals surface area contributed by atoms with Crippen LogP contribution in [0.1, 0.15) is 174 Å². The molecule has 0 rings (SSSR count). The molecule has 0 heterocycles. The third-order valence-corrected chi connectivity index (χ3v) is 9.56. The second-order valence-electron chi connectivity index (χ2n) is 13.8. The van der Waals surface area contributed by atoms with E-state index in [9.17, 15) is 23.8 Å². The van der Waals surface area contributed by atoms with E-state index < -0.39 is 51.1 Å². The Bertz CT molecular complexity index is 1050. The summed E-state index contributed by atoms with van der Waals surface area (Å²) in [6, 6.07) is -1.52. The Morgan fingerprint density at radius 3 is 1.49 bits per heavy atom. The van der Waals surface area contributed by atoms with E-state index in [-0.39, 0.29) is 19.4 Å². The smallest absolute Gasteiger partial charge is 0.472 e. The van der Waals surface area contributed by atoms with Gasteiger partial charge in [0.05, 0.1) is 13.2 Å². The fourth-order valence-electron chi connectivity index (χ4n) is 5.32. The van der Waals surface area contributed by atoms with Gasteiger partial charge in [-0.05, 0) is 70.6 Å². The molecule has 0 spiro atoms. The number of nitrogens with two attached hydrogens (primary N) is 1. The summed E-state index contributed by atoms with van der Waals surface area (Å²) in [6.07, 6.45) is 37.8. The van der Waals surface area contributed by atoms with Gasteiger partial charge in [-0.1, -0.05) is 127 Å². The van der Waals surface area contributed by atoms with Crippen LogP contribution in [-0.4, -0.2) is 59.9 Å². The van der Waals surface area contributed by atoms with Gasteiger partial charge >= 0.3 is 25.7 Å². The molecule has 0 aromatic carbocycles. The lowest BCUT2D eigenvalue weighted by Crippen LogP contribution is -2.34. The zero-order chi connectivity index (χ0) is 39.3. The van der Waals surface area contributed by atoms with Crippen LogP contribution in [0.3, 0.4) is 0 Å². The fraction of sp³-hybridized carbons (Fsp3) is 0.780. The molecular weight excluding hydrogens is 697 g/mol. The van der Waals surface area contributed by atoms with Crippen molar-refractivity contribution in [3.63, 3.8) is 0 Å². The molecule has 0 amide bonds. The molecule has 0 saturated heterocycles. The van der Waals surface area contributed by atoms with Gasteiger partial charge in [0.15, 0.2) is 6.10 Å². The number of allylic oxidation sites excluding steroid dienone is 6. The monoisotopic (exact) mass is 772 g/mol. The molecule has 0 aromatic heterocycles. The van der Waals surface area contributed by atoms with Gasteiger partial charge in [-0.2, -0.15) is 0 Å². The van der Waals surface area contributed by atoms with Crippen LogP contribution in [-0.2, 0) is 37.5 Å². The molecule has 308 valence electrons. The molecule has 3 atom stereocenters. The van der Waals surface area contributed by atoms with Gasteiger partial charge in [-0.3, -0.25) is 23.4 Å². The van der Waals surface area contributed by atoms with E-state index in [2.05, 4.69) is 54.8 Å². The first-order chi connectivity index (χ1) is 25.6. The maximum atomic E-state index is 12.6. The minimum absolute atomic E-state index is 0.149. The molecule has 0 radical (unpaired) electrons. The molecule has 0 fully saturated rings. The molecule has 1 unspecified atom stereocenters.